The van der Waals surface area contributed by atoms with Crippen LogP contribution < -0.4 is 16.4 Å². The topological polar surface area (TPSA) is 76.4 Å². The number of nitrogens with two attached hydrogens (primary N) is 1. The number of carbonyl (C=O) groups excluding carboxylic acids is 1. The van der Waals surface area contributed by atoms with Crippen molar-refractivity contribution in [2.45, 2.75) is 26.3 Å². The molecule has 0 aliphatic carbocycles. The summed E-state index contributed by atoms with van der Waals surface area (Å²) >= 11 is 0. The first-order valence-corrected chi connectivity index (χ1v) is 6.51. The van der Waals surface area contributed by atoms with E-state index in [4.69, 9.17) is 10.5 Å². The summed E-state index contributed by atoms with van der Waals surface area (Å²) in [5.74, 6) is -0.140. The largest absolute Gasteiger partial charge is 0.397 e. The normalized spacial score (nSPS) is 11.9. The highest BCUT2D eigenvalue weighted by Gasteiger charge is 2.08. The van der Waals surface area contributed by atoms with Crippen LogP contribution in [0.1, 0.15) is 30.6 Å². The van der Waals surface area contributed by atoms with E-state index in [1.165, 1.54) is 0 Å². The van der Waals surface area contributed by atoms with E-state index in [0.717, 1.165) is 12.1 Å². The number of carbonyl (C=O) groups is 1. The third-order valence-electron chi connectivity index (χ3n) is 2.92. The van der Waals surface area contributed by atoms with Gasteiger partial charge in [-0.15, -0.1) is 0 Å². The van der Waals surface area contributed by atoms with Crippen LogP contribution in [0.5, 0.6) is 0 Å². The van der Waals surface area contributed by atoms with Gasteiger partial charge in [0.1, 0.15) is 0 Å². The highest BCUT2D eigenvalue weighted by molar-refractivity contribution is 5.96. The van der Waals surface area contributed by atoms with Gasteiger partial charge in [-0.3, -0.25) is 4.79 Å². The summed E-state index contributed by atoms with van der Waals surface area (Å²) in [7, 11) is 1.60. The Bertz CT molecular complexity index is 421. The van der Waals surface area contributed by atoms with E-state index in [-0.39, 0.29) is 5.91 Å². The molecule has 0 bridgehead atoms. The number of hydrogen-bond acceptors (Lipinski definition) is 4. The Balaban J connectivity index is 2.67. The molecule has 1 aromatic rings. The van der Waals surface area contributed by atoms with Gasteiger partial charge in [0, 0.05) is 25.3 Å². The van der Waals surface area contributed by atoms with E-state index in [0.29, 0.717) is 30.4 Å². The lowest BCUT2D eigenvalue weighted by Gasteiger charge is -2.15. The SMILES string of the molecule is CCC(C)Nc1ccc(C(=O)NCCOC)cc1N. The third kappa shape index (κ3) is 4.79. The van der Waals surface area contributed by atoms with Crippen LogP contribution in [0.4, 0.5) is 11.4 Å². The van der Waals surface area contributed by atoms with E-state index >= 15 is 0 Å². The lowest BCUT2D eigenvalue weighted by Crippen LogP contribution is -2.27. The molecule has 0 radical (unpaired) electrons. The van der Waals surface area contributed by atoms with Gasteiger partial charge >= 0.3 is 0 Å². The average molecular weight is 265 g/mol. The van der Waals surface area contributed by atoms with E-state index in [1.54, 1.807) is 19.2 Å². The zero-order chi connectivity index (χ0) is 14.3. The molecule has 1 unspecified atom stereocenters. The highest BCUT2D eigenvalue weighted by Crippen LogP contribution is 2.21. The number of anilines is 2. The average Bonchev–Trinajstić information content (AvgIpc) is 2.41. The molecular formula is C14H23N3O2. The van der Waals surface area contributed by atoms with Crippen molar-refractivity contribution in [1.82, 2.24) is 5.32 Å². The zero-order valence-corrected chi connectivity index (χ0v) is 11.8. The number of ether oxygens (including phenoxy) is 1. The predicted octanol–water partition coefficient (Wildman–Crippen LogP) is 1.86. The second-order valence-electron chi connectivity index (χ2n) is 4.50. The van der Waals surface area contributed by atoms with Crippen LogP contribution in [0, 0.1) is 0 Å². The summed E-state index contributed by atoms with van der Waals surface area (Å²) < 4.78 is 4.88. The molecule has 1 atom stereocenters. The maximum absolute atomic E-state index is 11.8. The molecule has 1 aromatic carbocycles. The maximum Gasteiger partial charge on any atom is 0.251 e. The van der Waals surface area contributed by atoms with Crippen LogP contribution in [-0.2, 0) is 4.74 Å². The minimum Gasteiger partial charge on any atom is -0.397 e. The van der Waals surface area contributed by atoms with Crippen LogP contribution >= 0.6 is 0 Å². The number of amides is 1. The van der Waals surface area contributed by atoms with E-state index in [2.05, 4.69) is 24.5 Å². The van der Waals surface area contributed by atoms with E-state index in [9.17, 15) is 4.79 Å². The Morgan fingerprint density at radius 3 is 2.79 bits per heavy atom. The quantitative estimate of drug-likeness (QED) is 0.519. The van der Waals surface area contributed by atoms with E-state index < -0.39 is 0 Å². The minimum atomic E-state index is -0.140. The van der Waals surface area contributed by atoms with Crippen molar-refractivity contribution >= 4 is 17.3 Å². The van der Waals surface area contributed by atoms with Crippen molar-refractivity contribution < 1.29 is 9.53 Å². The number of rotatable bonds is 7. The van der Waals surface area contributed by atoms with Gasteiger partial charge < -0.3 is 21.1 Å². The number of methoxy groups -OCH3 is 1. The molecular weight excluding hydrogens is 242 g/mol. The lowest BCUT2D eigenvalue weighted by molar-refractivity contribution is 0.0937. The summed E-state index contributed by atoms with van der Waals surface area (Å²) in [4.78, 5) is 11.8. The van der Waals surface area contributed by atoms with Crippen molar-refractivity contribution in [1.29, 1.82) is 0 Å². The molecule has 19 heavy (non-hydrogen) atoms. The molecule has 1 rings (SSSR count). The molecule has 0 aromatic heterocycles. The summed E-state index contributed by atoms with van der Waals surface area (Å²) in [6, 6.07) is 5.65. The van der Waals surface area contributed by atoms with Gasteiger partial charge in [-0.2, -0.15) is 0 Å². The molecule has 4 N–H and O–H groups in total. The molecule has 1 amide bonds. The van der Waals surface area contributed by atoms with Gasteiger partial charge in [-0.1, -0.05) is 6.92 Å². The predicted molar refractivity (Wildman–Crippen MR) is 78.4 cm³/mol. The first-order valence-electron chi connectivity index (χ1n) is 6.51. The Kier molecular flexibility index (Phi) is 6.15. The molecule has 0 spiro atoms. The molecule has 0 saturated carbocycles. The Morgan fingerprint density at radius 1 is 1.47 bits per heavy atom. The van der Waals surface area contributed by atoms with Crippen LogP contribution in [-0.4, -0.2) is 32.2 Å². The number of hydrogen-bond donors (Lipinski definition) is 3. The summed E-state index contributed by atoms with van der Waals surface area (Å²) in [6.45, 7) is 5.17. The Morgan fingerprint density at radius 2 is 2.21 bits per heavy atom. The zero-order valence-electron chi connectivity index (χ0n) is 11.8. The second-order valence-corrected chi connectivity index (χ2v) is 4.50. The first kappa shape index (κ1) is 15.3. The molecule has 106 valence electrons. The molecule has 0 aliphatic rings. The molecule has 5 nitrogen and oxygen atoms in total. The second kappa shape index (κ2) is 7.63. The van der Waals surface area contributed by atoms with Gasteiger partial charge in [0.25, 0.3) is 5.91 Å². The number of nitrogen functional groups attached to an aromatic ring is 1. The smallest absolute Gasteiger partial charge is 0.251 e. The Labute approximate surface area is 114 Å². The standard InChI is InChI=1S/C14H23N3O2/c1-4-10(2)17-13-6-5-11(9-12(13)15)14(18)16-7-8-19-3/h5-6,9-10,17H,4,7-8,15H2,1-3H3,(H,16,18). The van der Waals surface area contributed by atoms with Gasteiger partial charge in [0.05, 0.1) is 18.0 Å². The van der Waals surface area contributed by atoms with Gasteiger partial charge in [-0.05, 0) is 31.5 Å². The minimum absolute atomic E-state index is 0.140. The fourth-order valence-electron chi connectivity index (χ4n) is 1.57. The van der Waals surface area contributed by atoms with Crippen molar-refractivity contribution in [3.8, 4) is 0 Å². The monoisotopic (exact) mass is 265 g/mol. The van der Waals surface area contributed by atoms with Crippen molar-refractivity contribution in [2.75, 3.05) is 31.3 Å². The van der Waals surface area contributed by atoms with Gasteiger partial charge in [-0.25, -0.2) is 0 Å². The number of benzene rings is 1. The summed E-state index contributed by atoms with van der Waals surface area (Å²) in [5, 5.41) is 6.06. The van der Waals surface area contributed by atoms with Crippen LogP contribution in [0.15, 0.2) is 18.2 Å². The Hall–Kier alpha value is -1.75. The lowest BCUT2D eigenvalue weighted by atomic mass is 10.1. The summed E-state index contributed by atoms with van der Waals surface area (Å²) in [6.07, 6.45) is 1.01. The van der Waals surface area contributed by atoms with Crippen LogP contribution in [0.2, 0.25) is 0 Å². The van der Waals surface area contributed by atoms with E-state index in [1.807, 2.05) is 6.07 Å². The summed E-state index contributed by atoms with van der Waals surface area (Å²) in [5.41, 5.74) is 7.96. The van der Waals surface area contributed by atoms with Crippen molar-refractivity contribution in [3.63, 3.8) is 0 Å². The van der Waals surface area contributed by atoms with Crippen LogP contribution in [0.25, 0.3) is 0 Å². The third-order valence-corrected chi connectivity index (χ3v) is 2.92. The molecule has 0 saturated heterocycles. The fourth-order valence-corrected chi connectivity index (χ4v) is 1.57. The highest BCUT2D eigenvalue weighted by atomic mass is 16.5. The van der Waals surface area contributed by atoms with Gasteiger partial charge in [0.15, 0.2) is 0 Å². The maximum atomic E-state index is 11.8. The first-order chi connectivity index (χ1) is 9.08. The molecule has 0 fully saturated rings. The number of nitrogens with one attached hydrogen (secondary N) is 2. The van der Waals surface area contributed by atoms with Crippen LogP contribution in [0.3, 0.4) is 0 Å². The van der Waals surface area contributed by atoms with Crippen molar-refractivity contribution in [2.24, 2.45) is 0 Å². The molecule has 5 heteroatoms. The fraction of sp³-hybridized carbons (Fsp3) is 0.500. The molecule has 0 aliphatic heterocycles. The molecule has 0 heterocycles. The van der Waals surface area contributed by atoms with Crippen molar-refractivity contribution in [3.05, 3.63) is 23.8 Å². The van der Waals surface area contributed by atoms with Gasteiger partial charge in [0.2, 0.25) is 0 Å².